The van der Waals surface area contributed by atoms with Crippen LogP contribution in [0.5, 0.6) is 5.75 Å². The summed E-state index contributed by atoms with van der Waals surface area (Å²) < 4.78 is 18.5. The maximum atomic E-state index is 13.3. The first-order chi connectivity index (χ1) is 13.6. The Morgan fingerprint density at radius 1 is 0.964 bits per heavy atom. The summed E-state index contributed by atoms with van der Waals surface area (Å²) in [6, 6.07) is 20.5. The second-order valence-electron chi connectivity index (χ2n) is 6.24. The van der Waals surface area contributed by atoms with Crippen LogP contribution in [0.3, 0.4) is 0 Å². The van der Waals surface area contributed by atoms with Crippen LogP contribution in [0, 0.1) is 5.82 Å². The Bertz CT molecular complexity index is 1140. The van der Waals surface area contributed by atoms with Crippen LogP contribution in [0.2, 0.25) is 0 Å². The van der Waals surface area contributed by atoms with Gasteiger partial charge in [-0.15, -0.1) is 0 Å². The van der Waals surface area contributed by atoms with Crippen molar-refractivity contribution in [3.63, 3.8) is 0 Å². The van der Waals surface area contributed by atoms with Gasteiger partial charge >= 0.3 is 6.03 Å². The lowest BCUT2D eigenvalue weighted by Gasteiger charge is -2.10. The van der Waals surface area contributed by atoms with E-state index in [0.717, 1.165) is 16.5 Å². The molecule has 140 valence electrons. The van der Waals surface area contributed by atoms with E-state index < -0.39 is 0 Å². The van der Waals surface area contributed by atoms with Crippen molar-refractivity contribution in [1.29, 1.82) is 0 Å². The number of anilines is 2. The molecule has 3 N–H and O–H groups in total. The summed E-state index contributed by atoms with van der Waals surface area (Å²) in [5.41, 5.74) is 3.59. The summed E-state index contributed by atoms with van der Waals surface area (Å²) in [5, 5.41) is 6.58. The van der Waals surface area contributed by atoms with Crippen molar-refractivity contribution in [2.24, 2.45) is 0 Å². The number of carbonyl (C=O) groups excluding carboxylic acids is 1. The molecule has 0 unspecified atom stereocenters. The SMILES string of the molecule is COc1cccc(NC(=O)Nc2c(-c3ccc(F)cc3)[nH]c3ccccc23)c1. The second-order valence-corrected chi connectivity index (χ2v) is 6.24. The van der Waals surface area contributed by atoms with E-state index in [2.05, 4.69) is 15.6 Å². The Morgan fingerprint density at radius 2 is 1.75 bits per heavy atom. The van der Waals surface area contributed by atoms with Crippen molar-refractivity contribution in [3.8, 4) is 17.0 Å². The monoisotopic (exact) mass is 375 g/mol. The standard InChI is InChI=1S/C22H18FN3O2/c1-28-17-6-4-5-16(13-17)24-22(27)26-21-18-7-2-3-8-19(18)25-20(21)14-9-11-15(23)12-10-14/h2-13,25H,1H3,(H2,24,26,27). The van der Waals surface area contributed by atoms with Crippen molar-refractivity contribution in [1.82, 2.24) is 4.98 Å². The number of amides is 2. The maximum absolute atomic E-state index is 13.3. The molecule has 0 aliphatic rings. The molecule has 28 heavy (non-hydrogen) atoms. The molecule has 0 saturated carbocycles. The predicted molar refractivity (Wildman–Crippen MR) is 109 cm³/mol. The summed E-state index contributed by atoms with van der Waals surface area (Å²) in [7, 11) is 1.57. The van der Waals surface area contributed by atoms with E-state index in [4.69, 9.17) is 4.74 Å². The van der Waals surface area contributed by atoms with Crippen molar-refractivity contribution in [3.05, 3.63) is 78.6 Å². The van der Waals surface area contributed by atoms with Gasteiger partial charge in [0.15, 0.2) is 0 Å². The third kappa shape index (κ3) is 3.53. The first-order valence-corrected chi connectivity index (χ1v) is 8.73. The van der Waals surface area contributed by atoms with Gasteiger partial charge in [-0.05, 0) is 42.5 Å². The number of urea groups is 1. The van der Waals surface area contributed by atoms with Crippen LogP contribution in [-0.4, -0.2) is 18.1 Å². The average molecular weight is 375 g/mol. The number of carbonyl (C=O) groups is 1. The van der Waals surface area contributed by atoms with Gasteiger partial charge in [0.1, 0.15) is 11.6 Å². The number of methoxy groups -OCH3 is 1. The number of halogens is 1. The highest BCUT2D eigenvalue weighted by Crippen LogP contribution is 2.35. The number of ether oxygens (including phenoxy) is 1. The number of rotatable bonds is 4. The Kier molecular flexibility index (Phi) is 4.68. The number of nitrogens with one attached hydrogen (secondary N) is 3. The zero-order valence-corrected chi connectivity index (χ0v) is 15.1. The van der Waals surface area contributed by atoms with Gasteiger partial charge in [-0.3, -0.25) is 0 Å². The second kappa shape index (κ2) is 7.44. The number of benzene rings is 3. The molecule has 0 fully saturated rings. The van der Waals surface area contributed by atoms with Crippen LogP contribution in [0.4, 0.5) is 20.6 Å². The molecule has 0 saturated heterocycles. The fourth-order valence-corrected chi connectivity index (χ4v) is 3.08. The molecule has 0 atom stereocenters. The lowest BCUT2D eigenvalue weighted by molar-refractivity contribution is 0.262. The van der Waals surface area contributed by atoms with Gasteiger partial charge in [-0.2, -0.15) is 0 Å². The minimum atomic E-state index is -0.388. The molecule has 2 amide bonds. The minimum Gasteiger partial charge on any atom is -0.497 e. The van der Waals surface area contributed by atoms with E-state index in [-0.39, 0.29) is 11.8 Å². The van der Waals surface area contributed by atoms with E-state index in [0.29, 0.717) is 22.8 Å². The van der Waals surface area contributed by atoms with Crippen LogP contribution >= 0.6 is 0 Å². The number of aromatic nitrogens is 1. The molecule has 0 spiro atoms. The molecule has 4 rings (SSSR count). The van der Waals surface area contributed by atoms with Crippen LogP contribution in [0.15, 0.2) is 72.8 Å². The zero-order valence-electron chi connectivity index (χ0n) is 15.1. The zero-order chi connectivity index (χ0) is 19.5. The molecule has 0 aliphatic carbocycles. The van der Waals surface area contributed by atoms with Crippen LogP contribution in [-0.2, 0) is 0 Å². The van der Waals surface area contributed by atoms with Gasteiger partial charge in [-0.25, -0.2) is 9.18 Å². The number of hydrogen-bond acceptors (Lipinski definition) is 2. The third-order valence-electron chi connectivity index (χ3n) is 4.41. The van der Waals surface area contributed by atoms with Crippen molar-refractivity contribution in [2.75, 3.05) is 17.7 Å². The summed E-state index contributed by atoms with van der Waals surface area (Å²) in [6.45, 7) is 0. The summed E-state index contributed by atoms with van der Waals surface area (Å²) in [4.78, 5) is 15.9. The Balaban J connectivity index is 1.68. The highest BCUT2D eigenvalue weighted by molar-refractivity contribution is 6.10. The lowest BCUT2D eigenvalue weighted by atomic mass is 10.1. The molecule has 0 radical (unpaired) electrons. The summed E-state index contributed by atoms with van der Waals surface area (Å²) in [5.74, 6) is 0.335. The van der Waals surface area contributed by atoms with Gasteiger partial charge < -0.3 is 20.4 Å². The number of hydrogen-bond donors (Lipinski definition) is 3. The quantitative estimate of drug-likeness (QED) is 0.433. The normalized spacial score (nSPS) is 10.6. The first-order valence-electron chi connectivity index (χ1n) is 8.73. The lowest BCUT2D eigenvalue weighted by Crippen LogP contribution is -2.19. The van der Waals surface area contributed by atoms with E-state index in [1.807, 2.05) is 24.3 Å². The largest absolute Gasteiger partial charge is 0.497 e. The predicted octanol–water partition coefficient (Wildman–Crippen LogP) is 5.63. The molecular weight excluding hydrogens is 357 g/mol. The number of aromatic amines is 1. The fraction of sp³-hybridized carbons (Fsp3) is 0.0455. The van der Waals surface area contributed by atoms with Crippen molar-refractivity contribution in [2.45, 2.75) is 0 Å². The van der Waals surface area contributed by atoms with Crippen LogP contribution in [0.1, 0.15) is 0 Å². The van der Waals surface area contributed by atoms with E-state index in [1.54, 1.807) is 43.5 Å². The van der Waals surface area contributed by atoms with Crippen LogP contribution in [0.25, 0.3) is 22.2 Å². The minimum absolute atomic E-state index is 0.315. The molecule has 3 aromatic carbocycles. The van der Waals surface area contributed by atoms with E-state index >= 15 is 0 Å². The molecule has 0 aliphatic heterocycles. The molecule has 1 heterocycles. The molecule has 6 heteroatoms. The summed E-state index contributed by atoms with van der Waals surface area (Å²) >= 11 is 0. The van der Waals surface area contributed by atoms with Gasteiger partial charge in [0.05, 0.1) is 18.5 Å². The Hall–Kier alpha value is -3.80. The van der Waals surface area contributed by atoms with Crippen molar-refractivity contribution >= 4 is 28.3 Å². The van der Waals surface area contributed by atoms with Crippen molar-refractivity contribution < 1.29 is 13.9 Å². The maximum Gasteiger partial charge on any atom is 0.323 e. The van der Waals surface area contributed by atoms with Gasteiger partial charge in [0, 0.05) is 28.2 Å². The fourth-order valence-electron chi connectivity index (χ4n) is 3.08. The molecular formula is C22H18FN3O2. The van der Waals surface area contributed by atoms with Gasteiger partial charge in [-0.1, -0.05) is 24.3 Å². The smallest absolute Gasteiger partial charge is 0.323 e. The molecule has 4 aromatic rings. The number of para-hydroxylation sites is 1. The highest BCUT2D eigenvalue weighted by Gasteiger charge is 2.15. The first kappa shape index (κ1) is 17.6. The molecule has 0 bridgehead atoms. The van der Waals surface area contributed by atoms with E-state index in [1.165, 1.54) is 12.1 Å². The highest BCUT2D eigenvalue weighted by atomic mass is 19.1. The van der Waals surface area contributed by atoms with Gasteiger partial charge in [0.25, 0.3) is 0 Å². The van der Waals surface area contributed by atoms with E-state index in [9.17, 15) is 9.18 Å². The Labute approximate surface area is 161 Å². The Morgan fingerprint density at radius 3 is 2.54 bits per heavy atom. The topological polar surface area (TPSA) is 66.2 Å². The third-order valence-corrected chi connectivity index (χ3v) is 4.41. The summed E-state index contributed by atoms with van der Waals surface area (Å²) in [6.07, 6.45) is 0. The number of fused-ring (bicyclic) bond motifs is 1. The average Bonchev–Trinajstić information content (AvgIpc) is 3.07. The van der Waals surface area contributed by atoms with Crippen LogP contribution < -0.4 is 15.4 Å². The number of H-pyrrole nitrogens is 1. The van der Waals surface area contributed by atoms with Gasteiger partial charge in [0.2, 0.25) is 0 Å². The molecule has 5 nitrogen and oxygen atoms in total. The molecule has 1 aromatic heterocycles.